The van der Waals surface area contributed by atoms with Gasteiger partial charge in [0.25, 0.3) is 5.91 Å². The van der Waals surface area contributed by atoms with E-state index < -0.39 is 0 Å². The van der Waals surface area contributed by atoms with Crippen molar-refractivity contribution in [2.45, 2.75) is 64.5 Å². The van der Waals surface area contributed by atoms with Crippen molar-refractivity contribution in [3.05, 3.63) is 17.5 Å². The minimum absolute atomic E-state index is 0.00170. The molecule has 2 fully saturated rings. The zero-order chi connectivity index (χ0) is 18.5. The van der Waals surface area contributed by atoms with Gasteiger partial charge in [-0.1, -0.05) is 19.0 Å². The predicted molar refractivity (Wildman–Crippen MR) is 95.7 cm³/mol. The lowest BCUT2D eigenvalue weighted by Crippen LogP contribution is -2.48. The number of amides is 2. The maximum Gasteiger partial charge on any atom is 0.276 e. The van der Waals surface area contributed by atoms with E-state index in [1.54, 1.807) is 6.07 Å². The molecule has 0 aliphatic carbocycles. The van der Waals surface area contributed by atoms with Gasteiger partial charge < -0.3 is 19.5 Å². The second-order valence-corrected chi connectivity index (χ2v) is 7.15. The van der Waals surface area contributed by atoms with E-state index in [1.165, 1.54) is 0 Å². The summed E-state index contributed by atoms with van der Waals surface area (Å²) < 4.78 is 10.6. The highest BCUT2D eigenvalue weighted by molar-refractivity contribution is 5.93. The molecule has 1 N–H and O–H groups in total. The number of likely N-dealkylation sites (tertiary alicyclic amines) is 1. The number of aryl methyl sites for hydroxylation is 1. The molecule has 3 heterocycles. The van der Waals surface area contributed by atoms with Crippen LogP contribution in [0, 0.1) is 5.92 Å². The van der Waals surface area contributed by atoms with Gasteiger partial charge in [-0.05, 0) is 32.1 Å². The van der Waals surface area contributed by atoms with E-state index in [0.717, 1.165) is 38.7 Å². The van der Waals surface area contributed by atoms with Crippen LogP contribution >= 0.6 is 0 Å². The monoisotopic (exact) mass is 363 g/mol. The van der Waals surface area contributed by atoms with Gasteiger partial charge in [0.2, 0.25) is 5.91 Å². The van der Waals surface area contributed by atoms with Crippen LogP contribution in [-0.4, -0.2) is 53.7 Å². The average Bonchev–Trinajstić information content (AvgIpc) is 3.19. The molecule has 0 bridgehead atoms. The molecule has 7 nitrogen and oxygen atoms in total. The van der Waals surface area contributed by atoms with Gasteiger partial charge in [0.05, 0.1) is 12.1 Å². The number of ether oxygens (including phenoxy) is 1. The molecular formula is C19H29N3O4. The standard InChI is InChI=1S/C19H29N3O4/c1-3-14-12-16(21-26-14)19(24)22-9-7-15(17(22)4-2)20-18(23)13-6-5-10-25-11-8-13/h12-13,15,17H,3-11H2,1-2H3,(H,20,23)/t13?,15-,17+/m0/s1. The molecule has 2 aliphatic rings. The van der Waals surface area contributed by atoms with Gasteiger partial charge in [-0.2, -0.15) is 0 Å². The topological polar surface area (TPSA) is 84.7 Å². The van der Waals surface area contributed by atoms with Crippen molar-refractivity contribution in [1.82, 2.24) is 15.4 Å². The van der Waals surface area contributed by atoms with Crippen LogP contribution in [0.3, 0.4) is 0 Å². The Hall–Kier alpha value is -1.89. The van der Waals surface area contributed by atoms with Crippen molar-refractivity contribution >= 4 is 11.8 Å². The average molecular weight is 363 g/mol. The van der Waals surface area contributed by atoms with Crippen molar-refractivity contribution in [3.8, 4) is 0 Å². The third kappa shape index (κ3) is 4.09. The van der Waals surface area contributed by atoms with Gasteiger partial charge in [-0.3, -0.25) is 9.59 Å². The number of carbonyl (C=O) groups is 2. The summed E-state index contributed by atoms with van der Waals surface area (Å²) >= 11 is 0. The van der Waals surface area contributed by atoms with Gasteiger partial charge in [0.15, 0.2) is 5.69 Å². The molecule has 7 heteroatoms. The summed E-state index contributed by atoms with van der Waals surface area (Å²) in [6, 6.07) is 1.71. The zero-order valence-electron chi connectivity index (χ0n) is 15.7. The van der Waals surface area contributed by atoms with Gasteiger partial charge in [-0.15, -0.1) is 0 Å². The quantitative estimate of drug-likeness (QED) is 0.867. The van der Waals surface area contributed by atoms with Crippen LogP contribution in [0.15, 0.2) is 10.6 Å². The number of hydrogen-bond donors (Lipinski definition) is 1. The SMILES string of the molecule is CCc1cc(C(=O)N2CC[C@H](NC(=O)C3CCCOCC3)[C@H]2CC)no1. The highest BCUT2D eigenvalue weighted by atomic mass is 16.5. The van der Waals surface area contributed by atoms with E-state index >= 15 is 0 Å². The highest BCUT2D eigenvalue weighted by Gasteiger charge is 2.38. The number of carbonyl (C=O) groups excluding carboxylic acids is 2. The Kier molecular flexibility index (Phi) is 6.29. The van der Waals surface area contributed by atoms with Gasteiger partial charge in [-0.25, -0.2) is 0 Å². The number of rotatable bonds is 5. The van der Waals surface area contributed by atoms with Crippen molar-refractivity contribution in [2.75, 3.05) is 19.8 Å². The van der Waals surface area contributed by atoms with E-state index in [9.17, 15) is 9.59 Å². The minimum Gasteiger partial charge on any atom is -0.381 e. The smallest absolute Gasteiger partial charge is 0.276 e. The lowest BCUT2D eigenvalue weighted by molar-refractivity contribution is -0.126. The number of nitrogens with zero attached hydrogens (tertiary/aromatic N) is 2. The normalized spacial score (nSPS) is 26.5. The zero-order valence-corrected chi connectivity index (χ0v) is 15.7. The molecule has 2 saturated heterocycles. The van der Waals surface area contributed by atoms with Crippen LogP contribution < -0.4 is 5.32 Å². The maximum absolute atomic E-state index is 12.8. The van der Waals surface area contributed by atoms with Crippen molar-refractivity contribution < 1.29 is 18.8 Å². The van der Waals surface area contributed by atoms with E-state index in [4.69, 9.17) is 9.26 Å². The second kappa shape index (κ2) is 8.66. The summed E-state index contributed by atoms with van der Waals surface area (Å²) in [5, 5.41) is 7.10. The molecule has 0 radical (unpaired) electrons. The molecule has 1 aromatic heterocycles. The molecule has 2 amide bonds. The number of aromatic nitrogens is 1. The van der Waals surface area contributed by atoms with Crippen LogP contribution in [0.5, 0.6) is 0 Å². The molecule has 3 atom stereocenters. The molecule has 2 aliphatic heterocycles. The highest BCUT2D eigenvalue weighted by Crippen LogP contribution is 2.25. The molecule has 26 heavy (non-hydrogen) atoms. The Morgan fingerprint density at radius 2 is 2.12 bits per heavy atom. The fraction of sp³-hybridized carbons (Fsp3) is 0.737. The van der Waals surface area contributed by atoms with Crippen LogP contribution in [0.1, 0.15) is 62.2 Å². The molecule has 1 unspecified atom stereocenters. The fourth-order valence-corrected chi connectivity index (χ4v) is 3.97. The van der Waals surface area contributed by atoms with Gasteiger partial charge >= 0.3 is 0 Å². The Labute approximate surface area is 154 Å². The first kappa shape index (κ1) is 18.9. The summed E-state index contributed by atoms with van der Waals surface area (Å²) in [5.74, 6) is 0.714. The Bertz CT molecular complexity index is 622. The Balaban J connectivity index is 1.63. The van der Waals surface area contributed by atoms with Gasteiger partial charge in [0, 0.05) is 38.2 Å². The van der Waals surface area contributed by atoms with Crippen LogP contribution in [0.2, 0.25) is 0 Å². The van der Waals surface area contributed by atoms with Gasteiger partial charge in [0.1, 0.15) is 5.76 Å². The largest absolute Gasteiger partial charge is 0.381 e. The van der Waals surface area contributed by atoms with Crippen LogP contribution in [0.4, 0.5) is 0 Å². The minimum atomic E-state index is -0.111. The second-order valence-electron chi connectivity index (χ2n) is 7.15. The molecule has 3 rings (SSSR count). The molecule has 1 aromatic rings. The number of nitrogens with one attached hydrogen (secondary N) is 1. The fourth-order valence-electron chi connectivity index (χ4n) is 3.97. The van der Waals surface area contributed by atoms with Crippen LogP contribution in [-0.2, 0) is 16.0 Å². The molecular weight excluding hydrogens is 334 g/mol. The summed E-state index contributed by atoms with van der Waals surface area (Å²) in [5.41, 5.74) is 0.355. The maximum atomic E-state index is 12.8. The third-order valence-corrected chi connectivity index (χ3v) is 5.50. The first-order chi connectivity index (χ1) is 12.6. The first-order valence-electron chi connectivity index (χ1n) is 9.78. The molecule has 144 valence electrons. The van der Waals surface area contributed by atoms with Crippen molar-refractivity contribution in [1.29, 1.82) is 0 Å². The predicted octanol–water partition coefficient (Wildman–Crippen LogP) is 2.16. The summed E-state index contributed by atoms with van der Waals surface area (Å²) in [6.07, 6.45) is 4.85. The van der Waals surface area contributed by atoms with E-state index in [0.29, 0.717) is 31.0 Å². The number of hydrogen-bond acceptors (Lipinski definition) is 5. The lowest BCUT2D eigenvalue weighted by atomic mass is 9.98. The first-order valence-corrected chi connectivity index (χ1v) is 9.78. The summed E-state index contributed by atoms with van der Waals surface area (Å²) in [7, 11) is 0. The molecule has 0 aromatic carbocycles. The summed E-state index contributed by atoms with van der Waals surface area (Å²) in [4.78, 5) is 27.3. The third-order valence-electron chi connectivity index (χ3n) is 5.50. The Morgan fingerprint density at radius 1 is 1.27 bits per heavy atom. The van der Waals surface area contributed by atoms with Crippen molar-refractivity contribution in [2.24, 2.45) is 5.92 Å². The summed E-state index contributed by atoms with van der Waals surface area (Å²) in [6.45, 7) is 6.03. The Morgan fingerprint density at radius 3 is 2.85 bits per heavy atom. The van der Waals surface area contributed by atoms with E-state index in [-0.39, 0.29) is 29.8 Å². The van der Waals surface area contributed by atoms with Crippen LogP contribution in [0.25, 0.3) is 0 Å². The van der Waals surface area contributed by atoms with E-state index in [1.807, 2.05) is 11.8 Å². The molecule has 0 spiro atoms. The molecule has 0 saturated carbocycles. The lowest BCUT2D eigenvalue weighted by Gasteiger charge is -2.28. The van der Waals surface area contributed by atoms with E-state index in [2.05, 4.69) is 17.4 Å². The van der Waals surface area contributed by atoms with Crippen molar-refractivity contribution in [3.63, 3.8) is 0 Å².